The average molecular weight is 383 g/mol. The Balaban J connectivity index is 1.76. The van der Waals surface area contributed by atoms with Gasteiger partial charge in [-0.05, 0) is 42.0 Å². The van der Waals surface area contributed by atoms with E-state index in [1.54, 1.807) is 42.5 Å². The molecule has 7 heteroatoms. The molecule has 0 bridgehead atoms. The molecular weight excluding hydrogens is 365 g/mol. The second-order valence-corrected chi connectivity index (χ2v) is 5.88. The van der Waals surface area contributed by atoms with Crippen LogP contribution in [0, 0.1) is 5.82 Å². The third-order valence-corrected chi connectivity index (χ3v) is 3.98. The van der Waals surface area contributed by atoms with Crippen LogP contribution >= 0.6 is 0 Å². The molecule has 1 aromatic heterocycles. The maximum Gasteiger partial charge on any atom is 0.375 e. The number of benzene rings is 2. The van der Waals surface area contributed by atoms with Crippen molar-refractivity contribution in [2.45, 2.75) is 12.6 Å². The van der Waals surface area contributed by atoms with Gasteiger partial charge >= 0.3 is 5.97 Å². The Bertz CT molecular complexity index is 920. The SMILES string of the molecule is COc1ccc([C@@H](OC(=O)c2ccco2)C(=O)NCc2ccc(F)cc2)cc1. The lowest BCUT2D eigenvalue weighted by atomic mass is 10.1. The van der Waals surface area contributed by atoms with Crippen molar-refractivity contribution < 1.29 is 27.9 Å². The van der Waals surface area contributed by atoms with E-state index in [9.17, 15) is 14.0 Å². The normalized spacial score (nSPS) is 11.5. The molecule has 0 saturated carbocycles. The molecule has 0 spiro atoms. The van der Waals surface area contributed by atoms with Gasteiger partial charge < -0.3 is 19.2 Å². The van der Waals surface area contributed by atoms with Gasteiger partial charge in [-0.25, -0.2) is 9.18 Å². The van der Waals surface area contributed by atoms with Gasteiger partial charge in [0.2, 0.25) is 11.9 Å². The zero-order valence-electron chi connectivity index (χ0n) is 15.1. The summed E-state index contributed by atoms with van der Waals surface area (Å²) >= 11 is 0. The predicted molar refractivity (Wildman–Crippen MR) is 98.1 cm³/mol. The lowest BCUT2D eigenvalue weighted by Gasteiger charge is -2.18. The van der Waals surface area contributed by atoms with E-state index in [2.05, 4.69) is 5.32 Å². The fourth-order valence-corrected chi connectivity index (χ4v) is 2.50. The number of halogens is 1. The minimum Gasteiger partial charge on any atom is -0.497 e. The zero-order valence-corrected chi connectivity index (χ0v) is 15.1. The third-order valence-electron chi connectivity index (χ3n) is 3.98. The molecule has 1 atom stereocenters. The highest BCUT2D eigenvalue weighted by Crippen LogP contribution is 2.23. The van der Waals surface area contributed by atoms with Crippen molar-refractivity contribution in [2.75, 3.05) is 7.11 Å². The molecule has 1 heterocycles. The summed E-state index contributed by atoms with van der Waals surface area (Å²) in [7, 11) is 1.53. The Morgan fingerprint density at radius 3 is 2.39 bits per heavy atom. The third kappa shape index (κ3) is 4.76. The second-order valence-electron chi connectivity index (χ2n) is 5.88. The first-order valence-corrected chi connectivity index (χ1v) is 8.47. The minimum absolute atomic E-state index is 0.00940. The van der Waals surface area contributed by atoms with Gasteiger partial charge in [0.15, 0.2) is 0 Å². The summed E-state index contributed by atoms with van der Waals surface area (Å²) in [6.45, 7) is 0.157. The minimum atomic E-state index is -1.19. The first-order chi connectivity index (χ1) is 13.6. The smallest absolute Gasteiger partial charge is 0.375 e. The molecule has 1 N–H and O–H groups in total. The highest BCUT2D eigenvalue weighted by molar-refractivity contribution is 5.90. The molecule has 1 amide bonds. The summed E-state index contributed by atoms with van der Waals surface area (Å²) in [5, 5.41) is 2.70. The predicted octanol–water partition coefficient (Wildman–Crippen LogP) is 3.64. The van der Waals surface area contributed by atoms with E-state index in [1.807, 2.05) is 0 Å². The number of nitrogens with one attached hydrogen (secondary N) is 1. The Morgan fingerprint density at radius 2 is 1.79 bits per heavy atom. The number of ether oxygens (including phenoxy) is 2. The van der Waals surface area contributed by atoms with Crippen LogP contribution in [-0.2, 0) is 16.1 Å². The summed E-state index contributed by atoms with van der Waals surface area (Å²) in [5.74, 6) is -1.05. The number of hydrogen-bond acceptors (Lipinski definition) is 5. The van der Waals surface area contributed by atoms with Gasteiger partial charge in [0, 0.05) is 12.1 Å². The monoisotopic (exact) mass is 383 g/mol. The number of amides is 1. The van der Waals surface area contributed by atoms with E-state index in [0.29, 0.717) is 16.9 Å². The highest BCUT2D eigenvalue weighted by Gasteiger charge is 2.26. The second kappa shape index (κ2) is 8.85. The summed E-state index contributed by atoms with van der Waals surface area (Å²) < 4.78 is 28.5. The Morgan fingerprint density at radius 1 is 1.07 bits per heavy atom. The molecule has 144 valence electrons. The van der Waals surface area contributed by atoms with Crippen LogP contribution in [0.1, 0.15) is 27.8 Å². The number of rotatable bonds is 7. The van der Waals surface area contributed by atoms with Gasteiger partial charge in [-0.3, -0.25) is 4.79 Å². The van der Waals surface area contributed by atoms with E-state index in [-0.39, 0.29) is 18.1 Å². The summed E-state index contributed by atoms with van der Waals surface area (Å²) in [6, 6.07) is 15.3. The van der Waals surface area contributed by atoms with Crippen LogP contribution < -0.4 is 10.1 Å². The Hall–Kier alpha value is -3.61. The average Bonchev–Trinajstić information content (AvgIpc) is 3.26. The van der Waals surface area contributed by atoms with E-state index in [1.165, 1.54) is 31.6 Å². The standard InChI is InChI=1S/C21H18FNO5/c1-26-17-10-6-15(7-11-17)19(28-21(25)18-3-2-12-27-18)20(24)23-13-14-4-8-16(22)9-5-14/h2-12,19H,13H2,1H3,(H,23,24)/t19-/m1/s1. The van der Waals surface area contributed by atoms with E-state index < -0.39 is 18.0 Å². The van der Waals surface area contributed by atoms with Crippen LogP contribution in [0.4, 0.5) is 4.39 Å². The number of furan rings is 1. The molecule has 0 unspecified atom stereocenters. The molecule has 3 aromatic rings. The molecule has 3 rings (SSSR count). The number of methoxy groups -OCH3 is 1. The van der Waals surface area contributed by atoms with E-state index >= 15 is 0 Å². The van der Waals surface area contributed by atoms with Gasteiger partial charge in [-0.2, -0.15) is 0 Å². The lowest BCUT2D eigenvalue weighted by Crippen LogP contribution is -2.31. The number of esters is 1. The van der Waals surface area contributed by atoms with Crippen molar-refractivity contribution in [3.8, 4) is 5.75 Å². The van der Waals surface area contributed by atoms with Gasteiger partial charge in [-0.1, -0.05) is 24.3 Å². The number of carbonyl (C=O) groups excluding carboxylic acids is 2. The topological polar surface area (TPSA) is 77.8 Å². The molecule has 0 fully saturated rings. The van der Waals surface area contributed by atoms with Crippen LogP contribution in [0.15, 0.2) is 71.3 Å². The highest BCUT2D eigenvalue weighted by atomic mass is 19.1. The van der Waals surface area contributed by atoms with Gasteiger partial charge in [0.05, 0.1) is 13.4 Å². The zero-order chi connectivity index (χ0) is 19.9. The largest absolute Gasteiger partial charge is 0.497 e. The maximum absolute atomic E-state index is 13.0. The van der Waals surface area contributed by atoms with Crippen molar-refractivity contribution in [2.24, 2.45) is 0 Å². The van der Waals surface area contributed by atoms with Crippen LogP contribution in [-0.4, -0.2) is 19.0 Å². The summed E-state index contributed by atoms with van der Waals surface area (Å²) in [4.78, 5) is 25.0. The van der Waals surface area contributed by atoms with Crippen molar-refractivity contribution in [1.82, 2.24) is 5.32 Å². The van der Waals surface area contributed by atoms with E-state index in [4.69, 9.17) is 13.9 Å². The lowest BCUT2D eigenvalue weighted by molar-refractivity contribution is -0.130. The molecule has 0 saturated heterocycles. The first-order valence-electron chi connectivity index (χ1n) is 8.47. The number of hydrogen-bond donors (Lipinski definition) is 1. The van der Waals surface area contributed by atoms with Crippen molar-refractivity contribution >= 4 is 11.9 Å². The first kappa shape index (κ1) is 19.2. The fraction of sp³-hybridized carbons (Fsp3) is 0.143. The summed E-state index contributed by atoms with van der Waals surface area (Å²) in [5.41, 5.74) is 1.18. The molecule has 28 heavy (non-hydrogen) atoms. The number of carbonyl (C=O) groups is 2. The molecular formula is C21H18FNO5. The van der Waals surface area contributed by atoms with Crippen molar-refractivity contribution in [1.29, 1.82) is 0 Å². The molecule has 0 radical (unpaired) electrons. The Labute approximate surface area is 160 Å². The molecule has 0 aliphatic rings. The quantitative estimate of drug-likeness (QED) is 0.630. The van der Waals surface area contributed by atoms with Gasteiger partial charge in [-0.15, -0.1) is 0 Å². The van der Waals surface area contributed by atoms with Gasteiger partial charge in [0.25, 0.3) is 5.91 Å². The molecule has 0 aliphatic carbocycles. The van der Waals surface area contributed by atoms with Crippen LogP contribution in [0.5, 0.6) is 5.75 Å². The fourth-order valence-electron chi connectivity index (χ4n) is 2.50. The molecule has 2 aromatic carbocycles. The van der Waals surface area contributed by atoms with Crippen molar-refractivity contribution in [3.63, 3.8) is 0 Å². The maximum atomic E-state index is 13.0. The Kier molecular flexibility index (Phi) is 6.06. The van der Waals surface area contributed by atoms with E-state index in [0.717, 1.165) is 0 Å². The van der Waals surface area contributed by atoms with Crippen LogP contribution in [0.25, 0.3) is 0 Å². The van der Waals surface area contributed by atoms with Crippen LogP contribution in [0.3, 0.4) is 0 Å². The summed E-state index contributed by atoms with van der Waals surface area (Å²) in [6.07, 6.45) is 0.150. The van der Waals surface area contributed by atoms with Crippen molar-refractivity contribution in [3.05, 3.63) is 89.6 Å². The van der Waals surface area contributed by atoms with Crippen LogP contribution in [0.2, 0.25) is 0 Å². The molecule has 6 nitrogen and oxygen atoms in total. The molecule has 0 aliphatic heterocycles. The van der Waals surface area contributed by atoms with Gasteiger partial charge in [0.1, 0.15) is 11.6 Å².